The van der Waals surface area contributed by atoms with E-state index in [9.17, 15) is 21.8 Å². The molecule has 0 bridgehead atoms. The van der Waals surface area contributed by atoms with Crippen LogP contribution in [0.15, 0.2) is 83.8 Å². The number of anilines is 1. The highest BCUT2D eigenvalue weighted by Crippen LogP contribution is 2.41. The van der Waals surface area contributed by atoms with E-state index in [0.29, 0.717) is 5.75 Å². The van der Waals surface area contributed by atoms with Crippen LogP contribution in [0.2, 0.25) is 0 Å². The van der Waals surface area contributed by atoms with Crippen molar-refractivity contribution in [2.24, 2.45) is 0 Å². The van der Waals surface area contributed by atoms with Crippen LogP contribution in [0.5, 0.6) is 5.75 Å². The molecular weight excluding hydrogens is 442 g/mol. The molecule has 3 rings (SSSR count). The molecule has 0 heterocycles. The molecule has 0 spiro atoms. The first kappa shape index (κ1) is 23.8. The van der Waals surface area contributed by atoms with E-state index in [2.05, 4.69) is 5.32 Å². The smallest absolute Gasteiger partial charge is 0.328 e. The van der Waals surface area contributed by atoms with Crippen molar-refractivity contribution in [1.82, 2.24) is 0 Å². The van der Waals surface area contributed by atoms with E-state index >= 15 is 0 Å². The molecule has 32 heavy (non-hydrogen) atoms. The van der Waals surface area contributed by atoms with Gasteiger partial charge in [-0.15, -0.1) is 0 Å². The third-order valence-corrected chi connectivity index (χ3v) is 6.77. The predicted molar refractivity (Wildman–Crippen MR) is 118 cm³/mol. The molecule has 0 aliphatic heterocycles. The Hall–Kier alpha value is -2.87. The minimum Gasteiger partial charge on any atom is -0.497 e. The molecule has 3 aromatic carbocycles. The van der Waals surface area contributed by atoms with Crippen molar-refractivity contribution in [3.05, 3.63) is 90.0 Å². The Morgan fingerprint density at radius 1 is 0.906 bits per heavy atom. The summed E-state index contributed by atoms with van der Waals surface area (Å²) in [6.45, 7) is 1.83. The first-order valence-electron chi connectivity index (χ1n) is 9.82. The Kier molecular flexibility index (Phi) is 7.56. The molecule has 0 saturated carbocycles. The normalized spacial score (nSPS) is 14.6. The Morgan fingerprint density at radius 3 is 2.03 bits per heavy atom. The zero-order chi connectivity index (χ0) is 23.3. The van der Waals surface area contributed by atoms with Crippen molar-refractivity contribution < 1.29 is 26.5 Å². The van der Waals surface area contributed by atoms with Crippen LogP contribution < -0.4 is 10.1 Å². The summed E-state index contributed by atoms with van der Waals surface area (Å²) >= 11 is 0. The summed E-state index contributed by atoms with van der Waals surface area (Å²) in [5.41, 5.74) is 1.34. The molecule has 0 amide bonds. The highest BCUT2D eigenvalue weighted by molar-refractivity contribution is 7.85. The summed E-state index contributed by atoms with van der Waals surface area (Å²) in [4.78, 5) is 0.274. The summed E-state index contributed by atoms with van der Waals surface area (Å²) < 4.78 is 75.6. The molecule has 0 radical (unpaired) electrons. The Balaban J connectivity index is 2.11. The Labute approximate surface area is 186 Å². The third kappa shape index (κ3) is 5.30. The van der Waals surface area contributed by atoms with Crippen LogP contribution in [0.4, 0.5) is 23.2 Å². The van der Waals surface area contributed by atoms with E-state index in [0.717, 1.165) is 5.56 Å². The number of ether oxygens (including phenoxy) is 1. The molecule has 0 aliphatic carbocycles. The zero-order valence-electron chi connectivity index (χ0n) is 17.5. The monoisotopic (exact) mass is 465 g/mol. The van der Waals surface area contributed by atoms with E-state index in [1.165, 1.54) is 43.5 Å². The minimum absolute atomic E-state index is 0.179. The number of nitrogens with one attached hydrogen (secondary N) is 1. The molecular formula is C24H23F4NO2S. The van der Waals surface area contributed by atoms with Gasteiger partial charge >= 0.3 is 12.3 Å². The number of rotatable bonds is 9. The van der Waals surface area contributed by atoms with Gasteiger partial charge in [-0.05, 0) is 48.9 Å². The van der Waals surface area contributed by atoms with Gasteiger partial charge < -0.3 is 10.1 Å². The van der Waals surface area contributed by atoms with Crippen LogP contribution in [-0.4, -0.2) is 29.7 Å². The van der Waals surface area contributed by atoms with Crippen LogP contribution in [-0.2, 0) is 10.8 Å². The molecule has 0 aromatic heterocycles. The second-order valence-electron chi connectivity index (χ2n) is 7.27. The molecule has 0 aliphatic rings. The largest absolute Gasteiger partial charge is 0.497 e. The summed E-state index contributed by atoms with van der Waals surface area (Å²) in [7, 11) is -0.603. The molecule has 170 valence electrons. The predicted octanol–water partition coefficient (Wildman–Crippen LogP) is 6.23. The van der Waals surface area contributed by atoms with Crippen molar-refractivity contribution >= 4 is 16.5 Å². The zero-order valence-corrected chi connectivity index (χ0v) is 18.3. The van der Waals surface area contributed by atoms with Crippen LogP contribution in [0.1, 0.15) is 16.4 Å². The molecule has 0 fully saturated rings. The quantitative estimate of drug-likeness (QED) is 0.381. The summed E-state index contributed by atoms with van der Waals surface area (Å²) in [5.74, 6) is -3.99. The van der Waals surface area contributed by atoms with Gasteiger partial charge in [0.05, 0.1) is 23.2 Å². The average molecular weight is 466 g/mol. The van der Waals surface area contributed by atoms with Crippen LogP contribution in [0, 0.1) is 6.92 Å². The third-order valence-electron chi connectivity index (χ3n) is 5.03. The lowest BCUT2D eigenvalue weighted by Gasteiger charge is -2.34. The fourth-order valence-electron chi connectivity index (χ4n) is 3.28. The summed E-state index contributed by atoms with van der Waals surface area (Å²) in [5, 5.41) is 1.08. The van der Waals surface area contributed by atoms with Crippen molar-refractivity contribution in [3.63, 3.8) is 0 Å². The van der Waals surface area contributed by atoms with E-state index < -0.39 is 34.4 Å². The fraction of sp³-hybridized carbons (Fsp3) is 0.250. The average Bonchev–Trinajstić information content (AvgIpc) is 2.80. The SMILES string of the molecule is COc1ccc(N[C@H]([C@H](c2ccccc2)[S@@](=O)c2ccc(C)cc2)C(F)(F)C(F)F)cc1. The van der Waals surface area contributed by atoms with Crippen molar-refractivity contribution in [2.45, 2.75) is 35.5 Å². The lowest BCUT2D eigenvalue weighted by molar-refractivity contribution is -0.139. The standard InChI is InChI=1S/C24H23F4NO2S/c1-16-8-14-20(15-9-16)32(30)21(17-6-4-3-5-7-17)22(24(27,28)23(25)26)29-18-10-12-19(31-2)13-11-18/h3-15,21-23,29H,1-2H3/t21-,22+,32-/m0/s1. The Morgan fingerprint density at radius 2 is 1.50 bits per heavy atom. The number of benzene rings is 3. The van der Waals surface area contributed by atoms with E-state index in [4.69, 9.17) is 4.74 Å². The second kappa shape index (κ2) is 10.2. The first-order valence-corrected chi connectivity index (χ1v) is 11.0. The highest BCUT2D eigenvalue weighted by atomic mass is 32.2. The summed E-state index contributed by atoms with van der Waals surface area (Å²) in [6, 6.07) is 18.2. The molecule has 3 aromatic rings. The highest BCUT2D eigenvalue weighted by Gasteiger charge is 2.54. The van der Waals surface area contributed by atoms with Gasteiger partial charge in [0.25, 0.3) is 0 Å². The maximum Gasteiger partial charge on any atom is 0.328 e. The van der Waals surface area contributed by atoms with E-state index in [1.807, 2.05) is 6.92 Å². The van der Waals surface area contributed by atoms with E-state index in [1.54, 1.807) is 42.5 Å². The number of hydrogen-bond acceptors (Lipinski definition) is 3. The van der Waals surface area contributed by atoms with Gasteiger partial charge in [-0.25, -0.2) is 8.78 Å². The molecule has 3 nitrogen and oxygen atoms in total. The molecule has 0 saturated heterocycles. The molecule has 8 heteroatoms. The number of alkyl halides is 4. The number of hydrogen-bond donors (Lipinski definition) is 1. The summed E-state index contributed by atoms with van der Waals surface area (Å²) in [6.07, 6.45) is -3.96. The lowest BCUT2D eigenvalue weighted by Crippen LogP contribution is -2.50. The van der Waals surface area contributed by atoms with Gasteiger partial charge in [-0.1, -0.05) is 48.0 Å². The lowest BCUT2D eigenvalue weighted by atomic mass is 9.99. The second-order valence-corrected chi connectivity index (χ2v) is 8.84. The van der Waals surface area contributed by atoms with Crippen LogP contribution >= 0.6 is 0 Å². The van der Waals surface area contributed by atoms with Gasteiger partial charge in [0, 0.05) is 10.6 Å². The van der Waals surface area contributed by atoms with Crippen molar-refractivity contribution in [2.75, 3.05) is 12.4 Å². The van der Waals surface area contributed by atoms with Gasteiger partial charge in [0.2, 0.25) is 0 Å². The molecule has 0 unspecified atom stereocenters. The van der Waals surface area contributed by atoms with Crippen molar-refractivity contribution in [3.8, 4) is 5.75 Å². The van der Waals surface area contributed by atoms with Crippen LogP contribution in [0.3, 0.4) is 0 Å². The minimum atomic E-state index is -4.47. The van der Waals surface area contributed by atoms with Gasteiger partial charge in [0.1, 0.15) is 11.8 Å². The van der Waals surface area contributed by atoms with Gasteiger partial charge in [0.15, 0.2) is 0 Å². The van der Waals surface area contributed by atoms with Crippen molar-refractivity contribution in [1.29, 1.82) is 0 Å². The number of aryl methyl sites for hydroxylation is 1. The maximum atomic E-state index is 14.9. The molecule has 1 N–H and O–H groups in total. The fourth-order valence-corrected chi connectivity index (χ4v) is 4.88. The Bertz CT molecular complexity index is 1030. The van der Waals surface area contributed by atoms with Gasteiger partial charge in [-0.2, -0.15) is 8.78 Å². The van der Waals surface area contributed by atoms with Gasteiger partial charge in [-0.3, -0.25) is 4.21 Å². The molecule has 3 atom stereocenters. The van der Waals surface area contributed by atoms with E-state index in [-0.39, 0.29) is 16.1 Å². The number of halogens is 4. The first-order chi connectivity index (χ1) is 15.2. The van der Waals surface area contributed by atoms with Crippen LogP contribution in [0.25, 0.3) is 0 Å². The maximum absolute atomic E-state index is 14.9. The number of methoxy groups -OCH3 is 1. The topological polar surface area (TPSA) is 38.3 Å².